The quantitative estimate of drug-likeness (QED) is 0.892. The molecule has 1 saturated heterocycles. The summed E-state index contributed by atoms with van der Waals surface area (Å²) in [5.74, 6) is -0.0264. The largest absolute Gasteiger partial charge is 0.337 e. The van der Waals surface area contributed by atoms with Crippen molar-refractivity contribution in [1.29, 1.82) is 5.26 Å². The van der Waals surface area contributed by atoms with Crippen LogP contribution in [0.5, 0.6) is 0 Å². The fourth-order valence-electron chi connectivity index (χ4n) is 4.23. The number of hydrogen-bond acceptors (Lipinski definition) is 5. The molecule has 1 N–H and O–H groups in total. The molecule has 26 heavy (non-hydrogen) atoms. The first-order valence-corrected chi connectivity index (χ1v) is 10.3. The number of aromatic nitrogens is 1. The average Bonchev–Trinajstić information content (AvgIpc) is 3.29. The van der Waals surface area contributed by atoms with Gasteiger partial charge in [0, 0.05) is 0 Å². The van der Waals surface area contributed by atoms with Crippen LogP contribution in [0.15, 0.2) is 24.3 Å². The molecule has 5 nitrogen and oxygen atoms in total. The van der Waals surface area contributed by atoms with E-state index in [1.165, 1.54) is 11.1 Å². The Morgan fingerprint density at radius 1 is 1.31 bits per heavy atom. The van der Waals surface area contributed by atoms with Crippen molar-refractivity contribution in [2.24, 2.45) is 0 Å². The van der Waals surface area contributed by atoms with Gasteiger partial charge < -0.3 is 5.32 Å². The molecular weight excluding hydrogens is 344 g/mol. The van der Waals surface area contributed by atoms with Gasteiger partial charge >= 0.3 is 0 Å². The number of likely N-dealkylation sites (tertiary alicyclic amines) is 1. The standard InChI is InChI=1S/C20H24N4OS/c21-14-20(10-4-5-11-20)23-18(25)13-24-12-6-3-8-16(24)19-22-15-7-1-2-9-17(15)26-19/h1-2,7,9,16H,3-6,8,10-13H2,(H,23,25)/t16-/m0/s1. The lowest BCUT2D eigenvalue weighted by Crippen LogP contribution is -2.50. The molecule has 1 aliphatic carbocycles. The molecule has 0 radical (unpaired) electrons. The van der Waals surface area contributed by atoms with Crippen LogP contribution in [0.4, 0.5) is 0 Å². The average molecular weight is 369 g/mol. The lowest BCUT2D eigenvalue weighted by molar-refractivity contribution is -0.124. The minimum atomic E-state index is -0.641. The van der Waals surface area contributed by atoms with Gasteiger partial charge in [-0.15, -0.1) is 11.3 Å². The van der Waals surface area contributed by atoms with Gasteiger partial charge in [0.1, 0.15) is 10.5 Å². The van der Waals surface area contributed by atoms with Gasteiger partial charge in [-0.05, 0) is 57.2 Å². The SMILES string of the molecule is N#CC1(NC(=O)CN2CCCC[C@H]2c2nc3ccccc3s2)CCCC1. The van der Waals surface area contributed by atoms with E-state index >= 15 is 0 Å². The molecular formula is C20H24N4OS. The Hall–Kier alpha value is -1.97. The zero-order valence-electron chi connectivity index (χ0n) is 14.9. The highest BCUT2D eigenvalue weighted by molar-refractivity contribution is 7.18. The van der Waals surface area contributed by atoms with Crippen LogP contribution in [0.3, 0.4) is 0 Å². The number of piperidine rings is 1. The molecule has 1 aromatic carbocycles. The van der Waals surface area contributed by atoms with Crippen molar-refractivity contribution < 1.29 is 4.79 Å². The van der Waals surface area contributed by atoms with Crippen molar-refractivity contribution in [3.8, 4) is 6.07 Å². The number of nitrogens with one attached hydrogen (secondary N) is 1. The fraction of sp³-hybridized carbons (Fsp3) is 0.550. The number of rotatable bonds is 4. The topological polar surface area (TPSA) is 69.0 Å². The van der Waals surface area contributed by atoms with E-state index in [0.717, 1.165) is 55.6 Å². The number of nitrogens with zero attached hydrogens (tertiary/aromatic N) is 3. The predicted octanol–water partition coefficient (Wildman–Crippen LogP) is 3.78. The smallest absolute Gasteiger partial charge is 0.235 e. The fourth-order valence-corrected chi connectivity index (χ4v) is 5.36. The van der Waals surface area contributed by atoms with Gasteiger partial charge in [-0.25, -0.2) is 4.98 Å². The van der Waals surface area contributed by atoms with E-state index in [-0.39, 0.29) is 11.9 Å². The summed E-state index contributed by atoms with van der Waals surface area (Å²) in [6.45, 7) is 1.26. The number of amides is 1. The Balaban J connectivity index is 1.48. The first kappa shape index (κ1) is 17.4. The first-order chi connectivity index (χ1) is 12.7. The number of hydrogen-bond donors (Lipinski definition) is 1. The van der Waals surface area contributed by atoms with Gasteiger partial charge in [-0.3, -0.25) is 9.69 Å². The number of thiazole rings is 1. The van der Waals surface area contributed by atoms with Crippen molar-refractivity contribution >= 4 is 27.5 Å². The summed E-state index contributed by atoms with van der Waals surface area (Å²) < 4.78 is 1.20. The zero-order chi connectivity index (χ0) is 18.0. The number of carbonyl (C=O) groups is 1. The van der Waals surface area contributed by atoms with Crippen LogP contribution >= 0.6 is 11.3 Å². The highest BCUT2D eigenvalue weighted by Gasteiger charge is 2.36. The molecule has 1 aliphatic heterocycles. The second-order valence-electron chi connectivity index (χ2n) is 7.45. The Bertz CT molecular complexity index is 801. The van der Waals surface area contributed by atoms with Crippen LogP contribution in [0.25, 0.3) is 10.2 Å². The Labute approximate surface area is 158 Å². The van der Waals surface area contributed by atoms with Gasteiger partial charge in [-0.1, -0.05) is 18.6 Å². The molecule has 2 fully saturated rings. The van der Waals surface area contributed by atoms with Crippen molar-refractivity contribution in [1.82, 2.24) is 15.2 Å². The van der Waals surface area contributed by atoms with Crippen LogP contribution in [0.1, 0.15) is 56.0 Å². The summed E-state index contributed by atoms with van der Waals surface area (Å²) >= 11 is 1.73. The maximum absolute atomic E-state index is 12.7. The minimum absolute atomic E-state index is 0.0264. The van der Waals surface area contributed by atoms with E-state index in [9.17, 15) is 10.1 Å². The maximum Gasteiger partial charge on any atom is 0.235 e. The van der Waals surface area contributed by atoms with E-state index in [1.807, 2.05) is 18.2 Å². The van der Waals surface area contributed by atoms with Crippen LogP contribution in [-0.4, -0.2) is 34.4 Å². The maximum atomic E-state index is 12.7. The minimum Gasteiger partial charge on any atom is -0.337 e. The lowest BCUT2D eigenvalue weighted by atomic mass is 9.99. The van der Waals surface area contributed by atoms with Crippen molar-refractivity contribution in [2.75, 3.05) is 13.1 Å². The van der Waals surface area contributed by atoms with Gasteiger partial charge in [-0.2, -0.15) is 5.26 Å². The van der Waals surface area contributed by atoms with E-state index in [4.69, 9.17) is 4.98 Å². The van der Waals surface area contributed by atoms with E-state index in [0.29, 0.717) is 6.54 Å². The normalized spacial score (nSPS) is 23.0. The molecule has 2 aliphatic rings. The van der Waals surface area contributed by atoms with Crippen LogP contribution in [0.2, 0.25) is 0 Å². The molecule has 1 saturated carbocycles. The summed E-state index contributed by atoms with van der Waals surface area (Å²) in [6, 6.07) is 10.8. The molecule has 2 heterocycles. The van der Waals surface area contributed by atoms with Crippen LogP contribution in [-0.2, 0) is 4.79 Å². The van der Waals surface area contributed by atoms with Crippen LogP contribution in [0, 0.1) is 11.3 Å². The predicted molar refractivity (Wildman–Crippen MR) is 103 cm³/mol. The Morgan fingerprint density at radius 2 is 2.12 bits per heavy atom. The van der Waals surface area contributed by atoms with Crippen LogP contribution < -0.4 is 5.32 Å². The molecule has 2 aromatic rings. The van der Waals surface area contributed by atoms with Gasteiger partial charge in [0.25, 0.3) is 0 Å². The number of nitriles is 1. The summed E-state index contributed by atoms with van der Waals surface area (Å²) in [4.78, 5) is 19.7. The lowest BCUT2D eigenvalue weighted by Gasteiger charge is -2.34. The summed E-state index contributed by atoms with van der Waals surface area (Å²) in [5, 5.41) is 13.6. The third-order valence-electron chi connectivity index (χ3n) is 5.61. The molecule has 0 bridgehead atoms. The Morgan fingerprint density at radius 3 is 2.88 bits per heavy atom. The zero-order valence-corrected chi connectivity index (χ0v) is 15.7. The molecule has 0 unspecified atom stereocenters. The first-order valence-electron chi connectivity index (χ1n) is 9.51. The summed E-state index contributed by atoms with van der Waals surface area (Å²) in [5.41, 5.74) is 0.398. The van der Waals surface area contributed by atoms with E-state index < -0.39 is 5.54 Å². The Kier molecular flexibility index (Phi) is 4.92. The van der Waals surface area contributed by atoms with E-state index in [2.05, 4.69) is 22.4 Å². The number of carbonyl (C=O) groups excluding carboxylic acids is 1. The third kappa shape index (κ3) is 3.46. The number of benzene rings is 1. The summed E-state index contributed by atoms with van der Waals surface area (Å²) in [7, 11) is 0. The third-order valence-corrected chi connectivity index (χ3v) is 6.74. The molecule has 1 amide bonds. The van der Waals surface area contributed by atoms with E-state index in [1.54, 1.807) is 11.3 Å². The molecule has 1 aromatic heterocycles. The van der Waals surface area contributed by atoms with Gasteiger partial charge in [0.2, 0.25) is 5.91 Å². The van der Waals surface area contributed by atoms with Crippen molar-refractivity contribution in [3.63, 3.8) is 0 Å². The number of para-hydroxylation sites is 1. The van der Waals surface area contributed by atoms with Gasteiger partial charge in [0.05, 0.1) is 28.9 Å². The second-order valence-corrected chi connectivity index (χ2v) is 8.51. The molecule has 0 spiro atoms. The highest BCUT2D eigenvalue weighted by Crippen LogP contribution is 2.35. The van der Waals surface area contributed by atoms with Gasteiger partial charge in [0.15, 0.2) is 0 Å². The summed E-state index contributed by atoms with van der Waals surface area (Å²) in [6.07, 6.45) is 6.90. The highest BCUT2D eigenvalue weighted by atomic mass is 32.1. The molecule has 136 valence electrons. The van der Waals surface area contributed by atoms with Crippen molar-refractivity contribution in [3.05, 3.63) is 29.3 Å². The second kappa shape index (κ2) is 7.34. The molecule has 4 rings (SSSR count). The number of fused-ring (bicyclic) bond motifs is 1. The molecule has 1 atom stereocenters. The molecule has 6 heteroatoms. The van der Waals surface area contributed by atoms with Crippen molar-refractivity contribution in [2.45, 2.75) is 56.5 Å². The monoisotopic (exact) mass is 368 g/mol.